The largest absolute Gasteiger partial charge is 0.339 e. The first-order valence-electron chi connectivity index (χ1n) is 10.7. The first-order valence-corrected chi connectivity index (χ1v) is 10.7. The van der Waals surface area contributed by atoms with Crippen molar-refractivity contribution in [1.29, 1.82) is 5.26 Å². The molecule has 3 aromatic heterocycles. The average Bonchev–Trinajstić information content (AvgIpc) is 3.41. The number of aryl methyl sites for hydroxylation is 2. The Morgan fingerprint density at radius 2 is 1.85 bits per heavy atom. The van der Waals surface area contributed by atoms with E-state index in [4.69, 9.17) is 0 Å². The number of halogens is 1. The lowest BCUT2D eigenvalue weighted by molar-refractivity contribution is 0.617. The zero-order valence-corrected chi connectivity index (χ0v) is 18.2. The zero-order chi connectivity index (χ0) is 22.7. The van der Waals surface area contributed by atoms with E-state index in [2.05, 4.69) is 38.2 Å². The van der Waals surface area contributed by atoms with E-state index in [1.54, 1.807) is 30.1 Å². The normalized spacial score (nSPS) is 13.0. The third-order valence-corrected chi connectivity index (χ3v) is 6.42. The van der Waals surface area contributed by atoms with E-state index in [1.165, 1.54) is 0 Å². The molecule has 1 aliphatic rings. The summed E-state index contributed by atoms with van der Waals surface area (Å²) in [6.07, 6.45) is 5.93. The minimum absolute atomic E-state index is 0.198. The van der Waals surface area contributed by atoms with E-state index in [1.807, 2.05) is 31.4 Å². The van der Waals surface area contributed by atoms with Crippen LogP contribution in [-0.4, -0.2) is 26.3 Å². The molecule has 0 aliphatic carbocycles. The molecule has 1 aliphatic heterocycles. The zero-order valence-electron chi connectivity index (χ0n) is 18.2. The number of hydrogen-bond donors (Lipinski definition) is 0. The van der Waals surface area contributed by atoms with Crippen molar-refractivity contribution in [2.45, 2.75) is 13.3 Å². The molecule has 0 fully saturated rings. The predicted molar refractivity (Wildman–Crippen MR) is 126 cm³/mol. The topological polar surface area (TPSA) is 70.6 Å². The van der Waals surface area contributed by atoms with Gasteiger partial charge in [0.05, 0.1) is 28.5 Å². The molecule has 2 aromatic carbocycles. The Morgan fingerprint density at radius 1 is 1.00 bits per heavy atom. The molecule has 0 saturated carbocycles. The van der Waals surface area contributed by atoms with Crippen molar-refractivity contribution in [3.8, 4) is 17.2 Å². The molecule has 0 amide bonds. The van der Waals surface area contributed by atoms with Gasteiger partial charge < -0.3 is 4.90 Å². The maximum atomic E-state index is 14.2. The maximum Gasteiger partial charge on any atom is 0.126 e. The van der Waals surface area contributed by atoms with Gasteiger partial charge in [-0.25, -0.2) is 4.39 Å². The van der Waals surface area contributed by atoms with Gasteiger partial charge in [0.1, 0.15) is 17.4 Å². The van der Waals surface area contributed by atoms with Gasteiger partial charge in [0.2, 0.25) is 0 Å². The fourth-order valence-electron chi connectivity index (χ4n) is 4.66. The number of nitrogens with zero attached hydrogens (tertiary/aromatic N) is 6. The third kappa shape index (κ3) is 2.95. The van der Waals surface area contributed by atoms with Gasteiger partial charge in [-0.3, -0.25) is 14.6 Å². The van der Waals surface area contributed by atoms with Gasteiger partial charge in [-0.2, -0.15) is 10.4 Å². The lowest BCUT2D eigenvalue weighted by Gasteiger charge is -2.23. The molecule has 0 atom stereocenters. The van der Waals surface area contributed by atoms with Gasteiger partial charge in [-0.05, 0) is 60.4 Å². The second kappa shape index (κ2) is 7.10. The molecule has 160 valence electrons. The average molecular weight is 434 g/mol. The van der Waals surface area contributed by atoms with Gasteiger partial charge in [0, 0.05) is 42.6 Å². The Morgan fingerprint density at radius 3 is 2.70 bits per heavy atom. The lowest BCUT2D eigenvalue weighted by Crippen LogP contribution is -2.15. The maximum absolute atomic E-state index is 14.2. The molecule has 33 heavy (non-hydrogen) atoms. The number of rotatable bonds is 2. The van der Waals surface area contributed by atoms with E-state index in [-0.39, 0.29) is 5.82 Å². The van der Waals surface area contributed by atoms with Crippen molar-refractivity contribution in [3.05, 3.63) is 77.5 Å². The van der Waals surface area contributed by atoms with Gasteiger partial charge in [-0.1, -0.05) is 6.07 Å². The highest BCUT2D eigenvalue weighted by atomic mass is 19.1. The number of fused-ring (bicyclic) bond motifs is 3. The summed E-state index contributed by atoms with van der Waals surface area (Å²) < 4.78 is 16.0. The van der Waals surface area contributed by atoms with Crippen LogP contribution in [0.5, 0.6) is 0 Å². The monoisotopic (exact) mass is 434 g/mol. The van der Waals surface area contributed by atoms with Crippen LogP contribution in [0, 0.1) is 24.1 Å². The van der Waals surface area contributed by atoms with Gasteiger partial charge >= 0.3 is 0 Å². The molecule has 0 radical (unpaired) electrons. The summed E-state index contributed by atoms with van der Waals surface area (Å²) >= 11 is 0. The van der Waals surface area contributed by atoms with Crippen LogP contribution in [0.15, 0.2) is 55.0 Å². The molecule has 0 N–H and O–H groups in total. The Labute approximate surface area is 189 Å². The van der Waals surface area contributed by atoms with Crippen LogP contribution >= 0.6 is 0 Å². The molecule has 0 saturated heterocycles. The fourth-order valence-corrected chi connectivity index (χ4v) is 4.66. The number of hydrogen-bond acceptors (Lipinski definition) is 5. The van der Waals surface area contributed by atoms with Crippen molar-refractivity contribution in [2.75, 3.05) is 11.4 Å². The van der Waals surface area contributed by atoms with Crippen LogP contribution in [0.2, 0.25) is 0 Å². The fraction of sp³-hybridized carbons (Fsp3) is 0.154. The van der Waals surface area contributed by atoms with Crippen LogP contribution in [0.3, 0.4) is 0 Å². The summed E-state index contributed by atoms with van der Waals surface area (Å²) in [5.74, 6) is -0.198. The molecule has 6 nitrogen and oxygen atoms in total. The minimum Gasteiger partial charge on any atom is -0.339 e. The molecule has 6 rings (SSSR count). The number of aromatic nitrogens is 4. The van der Waals surface area contributed by atoms with Crippen molar-refractivity contribution in [1.82, 2.24) is 19.7 Å². The first-order chi connectivity index (χ1) is 16.0. The summed E-state index contributed by atoms with van der Waals surface area (Å²) in [6, 6.07) is 13.9. The Balaban J connectivity index is 1.57. The summed E-state index contributed by atoms with van der Waals surface area (Å²) in [6.45, 7) is 2.44. The molecule has 0 bridgehead atoms. The molecular formula is C26H19FN6. The molecule has 7 heteroatoms. The minimum atomic E-state index is -0.198. The van der Waals surface area contributed by atoms with E-state index >= 15 is 0 Å². The summed E-state index contributed by atoms with van der Waals surface area (Å²) in [7, 11) is 1.89. The Hall–Kier alpha value is -4.31. The highest BCUT2D eigenvalue weighted by Crippen LogP contribution is 2.41. The SMILES string of the molecule is Cc1cc2c(cc1F)CCN2c1c(C#N)cnc2ccc(-c3cnc4cnn(C)c4c3)cc12. The van der Waals surface area contributed by atoms with Gasteiger partial charge in [-0.15, -0.1) is 0 Å². The molecule has 5 aromatic rings. The summed E-state index contributed by atoms with van der Waals surface area (Å²) in [5.41, 5.74) is 8.32. The second-order valence-corrected chi connectivity index (χ2v) is 8.39. The van der Waals surface area contributed by atoms with Crippen molar-refractivity contribution in [3.63, 3.8) is 0 Å². The van der Waals surface area contributed by atoms with E-state index in [9.17, 15) is 9.65 Å². The van der Waals surface area contributed by atoms with E-state index in [0.29, 0.717) is 17.7 Å². The number of nitriles is 1. The van der Waals surface area contributed by atoms with Crippen LogP contribution in [-0.2, 0) is 13.5 Å². The van der Waals surface area contributed by atoms with Crippen molar-refractivity contribution < 1.29 is 4.39 Å². The van der Waals surface area contributed by atoms with E-state index < -0.39 is 0 Å². The van der Waals surface area contributed by atoms with Crippen LogP contribution < -0.4 is 4.90 Å². The van der Waals surface area contributed by atoms with Crippen molar-refractivity contribution >= 4 is 33.3 Å². The highest BCUT2D eigenvalue weighted by molar-refractivity contribution is 6.00. The van der Waals surface area contributed by atoms with Crippen LogP contribution in [0.4, 0.5) is 15.8 Å². The highest BCUT2D eigenvalue weighted by Gasteiger charge is 2.26. The Bertz CT molecular complexity index is 1630. The smallest absolute Gasteiger partial charge is 0.126 e. The van der Waals surface area contributed by atoms with Crippen LogP contribution in [0.25, 0.3) is 33.1 Å². The number of pyridine rings is 2. The standard InChI is InChI=1S/C26H19FN6/c1-15-7-24-17(9-21(15)27)5-6-33(24)26-19(11-28)13-29-22-4-3-16(8-20(22)26)18-10-25-23(30-12-18)14-31-32(25)2/h3-4,7-10,12-14H,5-6H2,1-2H3. The summed E-state index contributed by atoms with van der Waals surface area (Å²) in [4.78, 5) is 11.2. The number of anilines is 2. The van der Waals surface area contributed by atoms with Gasteiger partial charge in [0.25, 0.3) is 0 Å². The lowest BCUT2D eigenvalue weighted by atomic mass is 10.0. The summed E-state index contributed by atoms with van der Waals surface area (Å²) in [5, 5.41) is 15.1. The van der Waals surface area contributed by atoms with Crippen LogP contribution in [0.1, 0.15) is 16.7 Å². The quantitative estimate of drug-likeness (QED) is 0.382. The predicted octanol–water partition coefficient (Wildman–Crippen LogP) is 5.20. The first kappa shape index (κ1) is 19.4. The number of benzene rings is 2. The molecular weight excluding hydrogens is 415 g/mol. The third-order valence-electron chi connectivity index (χ3n) is 6.42. The van der Waals surface area contributed by atoms with E-state index in [0.717, 1.165) is 56.4 Å². The van der Waals surface area contributed by atoms with Gasteiger partial charge in [0.15, 0.2) is 0 Å². The molecule has 4 heterocycles. The Kier molecular flexibility index (Phi) is 4.17. The second-order valence-electron chi connectivity index (χ2n) is 8.39. The molecule has 0 unspecified atom stereocenters. The van der Waals surface area contributed by atoms with Crippen molar-refractivity contribution in [2.24, 2.45) is 7.05 Å². The molecule has 0 spiro atoms.